The number of anilines is 1. The van der Waals surface area contributed by atoms with Gasteiger partial charge in [-0.1, -0.05) is 42.5 Å². The summed E-state index contributed by atoms with van der Waals surface area (Å²) in [4.78, 5) is 19.5. The number of amides is 1. The molecule has 0 aliphatic carbocycles. The molecule has 1 aliphatic rings. The molecule has 0 radical (unpaired) electrons. The van der Waals surface area contributed by atoms with E-state index in [1.54, 1.807) is 6.20 Å². The summed E-state index contributed by atoms with van der Waals surface area (Å²) in [6, 6.07) is 25.8. The highest BCUT2D eigenvalue weighted by atomic mass is 32.1. The minimum atomic E-state index is -0.116. The molecule has 0 bridgehead atoms. The Bertz CT molecular complexity index is 1320. The number of nitrogens with one attached hydrogen (secondary N) is 2. The van der Waals surface area contributed by atoms with Crippen molar-refractivity contribution in [1.82, 2.24) is 19.8 Å². The summed E-state index contributed by atoms with van der Waals surface area (Å²) < 4.78 is 2.11. The lowest BCUT2D eigenvalue weighted by molar-refractivity contribution is -0.116. The Labute approximate surface area is 210 Å². The van der Waals surface area contributed by atoms with Gasteiger partial charge < -0.3 is 20.1 Å². The number of aromatic nitrogens is 2. The van der Waals surface area contributed by atoms with Crippen molar-refractivity contribution >= 4 is 28.9 Å². The van der Waals surface area contributed by atoms with Crippen LogP contribution in [0.5, 0.6) is 0 Å². The Hall–Kier alpha value is -3.97. The first kappa shape index (κ1) is 22.8. The van der Waals surface area contributed by atoms with Crippen molar-refractivity contribution in [3.05, 3.63) is 114 Å². The topological polar surface area (TPSA) is 62.2 Å². The van der Waals surface area contributed by atoms with Crippen molar-refractivity contribution in [2.24, 2.45) is 0 Å². The van der Waals surface area contributed by atoms with Crippen LogP contribution in [0.15, 0.2) is 97.5 Å². The van der Waals surface area contributed by atoms with E-state index in [-0.39, 0.29) is 18.0 Å². The zero-order valence-corrected chi connectivity index (χ0v) is 20.3. The van der Waals surface area contributed by atoms with Crippen LogP contribution in [0.4, 0.5) is 5.69 Å². The smallest absolute Gasteiger partial charge is 0.226 e. The molecule has 2 N–H and O–H groups in total. The van der Waals surface area contributed by atoms with Crippen LogP contribution in [-0.2, 0) is 4.79 Å². The summed E-state index contributed by atoms with van der Waals surface area (Å²) in [7, 11) is 0. The summed E-state index contributed by atoms with van der Waals surface area (Å²) in [5.41, 5.74) is 4.98. The van der Waals surface area contributed by atoms with Gasteiger partial charge in [-0.05, 0) is 66.7 Å². The van der Waals surface area contributed by atoms with Crippen LogP contribution in [0, 0.1) is 6.92 Å². The first-order valence-corrected chi connectivity index (χ1v) is 12.1. The molecule has 2 aromatic carbocycles. The predicted molar refractivity (Wildman–Crippen MR) is 142 cm³/mol. The maximum atomic E-state index is 12.8. The third kappa shape index (κ3) is 4.95. The summed E-state index contributed by atoms with van der Waals surface area (Å²) in [5.74, 6) is -0.0380. The van der Waals surface area contributed by atoms with E-state index >= 15 is 0 Å². The molecule has 35 heavy (non-hydrogen) atoms. The fraction of sp³-hybridized carbons (Fsp3) is 0.179. The number of thiocarbonyl (C=S) groups is 1. The number of nitrogens with zero attached hydrogens (tertiary/aromatic N) is 3. The molecule has 5 rings (SSSR count). The molecule has 3 heterocycles. The van der Waals surface area contributed by atoms with Gasteiger partial charge in [0.05, 0.1) is 17.8 Å². The van der Waals surface area contributed by atoms with Crippen LogP contribution in [0.2, 0.25) is 0 Å². The standard InChI is InChI=1S/C28H27N5OS/c1-20-9-5-6-12-23(20)30-25(34)15-18-33-27(26(31-28(33)35)24-13-7-8-16-29-24)21-14-17-32(19-21)22-10-3-2-4-11-22/h2-14,16-17,19,26-27H,15,18H2,1H3,(H,30,34)(H,31,35)/t26-,27-/m0/s1. The highest BCUT2D eigenvalue weighted by Gasteiger charge is 2.40. The van der Waals surface area contributed by atoms with E-state index in [1.165, 1.54) is 0 Å². The van der Waals surface area contributed by atoms with E-state index in [9.17, 15) is 4.79 Å². The van der Waals surface area contributed by atoms with Crippen LogP contribution in [-0.4, -0.2) is 32.0 Å². The van der Waals surface area contributed by atoms with Gasteiger partial charge in [0.1, 0.15) is 0 Å². The van der Waals surface area contributed by atoms with E-state index in [2.05, 4.69) is 55.7 Å². The highest BCUT2D eigenvalue weighted by molar-refractivity contribution is 7.80. The molecule has 1 saturated heterocycles. The number of hydrogen-bond acceptors (Lipinski definition) is 3. The van der Waals surface area contributed by atoms with Crippen LogP contribution >= 0.6 is 12.2 Å². The van der Waals surface area contributed by atoms with Gasteiger partial charge in [-0.15, -0.1) is 0 Å². The first-order valence-electron chi connectivity index (χ1n) is 11.7. The summed E-state index contributed by atoms with van der Waals surface area (Å²) in [6.07, 6.45) is 6.31. The second-order valence-corrected chi connectivity index (χ2v) is 9.01. The molecule has 2 aromatic heterocycles. The number of rotatable bonds is 7. The van der Waals surface area contributed by atoms with Gasteiger partial charge in [0.25, 0.3) is 0 Å². The first-order chi connectivity index (χ1) is 17.1. The van der Waals surface area contributed by atoms with E-state index in [0.29, 0.717) is 18.1 Å². The van der Waals surface area contributed by atoms with Crippen molar-refractivity contribution in [3.63, 3.8) is 0 Å². The minimum Gasteiger partial charge on any atom is -0.352 e. The lowest BCUT2D eigenvalue weighted by Crippen LogP contribution is -2.32. The van der Waals surface area contributed by atoms with Crippen LogP contribution in [0.3, 0.4) is 0 Å². The fourth-order valence-electron chi connectivity index (χ4n) is 4.51. The zero-order valence-electron chi connectivity index (χ0n) is 19.5. The molecule has 0 spiro atoms. The van der Waals surface area contributed by atoms with Gasteiger partial charge >= 0.3 is 0 Å². The van der Waals surface area contributed by atoms with Crippen molar-refractivity contribution in [2.45, 2.75) is 25.4 Å². The monoisotopic (exact) mass is 481 g/mol. The molecule has 6 nitrogen and oxygen atoms in total. The van der Waals surface area contributed by atoms with Gasteiger partial charge in [-0.2, -0.15) is 0 Å². The number of aryl methyl sites for hydroxylation is 1. The van der Waals surface area contributed by atoms with E-state index < -0.39 is 0 Å². The fourth-order valence-corrected chi connectivity index (χ4v) is 4.84. The SMILES string of the molecule is Cc1ccccc1NC(=O)CCN1C(=S)N[C@@H](c2ccccn2)[C@@H]1c1ccn(-c2ccccc2)c1. The summed E-state index contributed by atoms with van der Waals surface area (Å²) in [6.45, 7) is 2.48. The normalized spacial score (nSPS) is 17.3. The number of para-hydroxylation sites is 2. The average Bonchev–Trinajstić information content (AvgIpc) is 3.50. The van der Waals surface area contributed by atoms with E-state index in [0.717, 1.165) is 28.2 Å². The van der Waals surface area contributed by atoms with Gasteiger partial charge in [0, 0.05) is 42.9 Å². The minimum absolute atomic E-state index is 0.0380. The van der Waals surface area contributed by atoms with Crippen LogP contribution in [0.25, 0.3) is 5.69 Å². The third-order valence-electron chi connectivity index (χ3n) is 6.31. The summed E-state index contributed by atoms with van der Waals surface area (Å²) >= 11 is 5.75. The van der Waals surface area contributed by atoms with Crippen molar-refractivity contribution in [1.29, 1.82) is 0 Å². The quantitative estimate of drug-likeness (QED) is 0.356. The molecule has 2 atom stereocenters. The largest absolute Gasteiger partial charge is 0.352 e. The van der Waals surface area contributed by atoms with Crippen molar-refractivity contribution in [3.8, 4) is 5.69 Å². The molecule has 4 aromatic rings. The molecule has 176 valence electrons. The molecule has 1 amide bonds. The Morgan fingerprint density at radius 2 is 1.80 bits per heavy atom. The number of pyridine rings is 1. The average molecular weight is 482 g/mol. The second-order valence-electron chi connectivity index (χ2n) is 8.62. The highest BCUT2D eigenvalue weighted by Crippen LogP contribution is 2.39. The predicted octanol–water partition coefficient (Wildman–Crippen LogP) is 5.18. The zero-order chi connectivity index (χ0) is 24.2. The van der Waals surface area contributed by atoms with Gasteiger partial charge in [-0.3, -0.25) is 9.78 Å². The molecule has 7 heteroatoms. The van der Waals surface area contributed by atoms with E-state index in [4.69, 9.17) is 12.2 Å². The Kier molecular flexibility index (Phi) is 6.59. The van der Waals surface area contributed by atoms with Gasteiger partial charge in [-0.25, -0.2) is 0 Å². The molecular weight excluding hydrogens is 454 g/mol. The van der Waals surface area contributed by atoms with Crippen molar-refractivity contribution < 1.29 is 4.79 Å². The maximum absolute atomic E-state index is 12.8. The van der Waals surface area contributed by atoms with Gasteiger partial charge in [0.2, 0.25) is 5.91 Å². The van der Waals surface area contributed by atoms with Crippen LogP contribution < -0.4 is 10.6 Å². The molecule has 0 saturated carbocycles. The third-order valence-corrected chi connectivity index (χ3v) is 6.66. The molecule has 0 unspecified atom stereocenters. The molecular formula is C28H27N5OS. The number of hydrogen-bond donors (Lipinski definition) is 2. The van der Waals surface area contributed by atoms with Gasteiger partial charge in [0.15, 0.2) is 5.11 Å². The van der Waals surface area contributed by atoms with Crippen molar-refractivity contribution in [2.75, 3.05) is 11.9 Å². The Morgan fingerprint density at radius 1 is 1.03 bits per heavy atom. The number of carbonyl (C=O) groups is 1. The lowest BCUT2D eigenvalue weighted by atomic mass is 9.99. The Balaban J connectivity index is 1.39. The second kappa shape index (κ2) is 10.1. The molecule has 1 fully saturated rings. The summed E-state index contributed by atoms with van der Waals surface area (Å²) in [5, 5.41) is 7.11. The van der Waals surface area contributed by atoms with Crippen LogP contribution in [0.1, 0.15) is 35.3 Å². The van der Waals surface area contributed by atoms with E-state index in [1.807, 2.05) is 67.6 Å². The maximum Gasteiger partial charge on any atom is 0.226 e. The Morgan fingerprint density at radius 3 is 2.57 bits per heavy atom. The number of carbonyl (C=O) groups excluding carboxylic acids is 1. The number of benzene rings is 2. The molecule has 1 aliphatic heterocycles. The lowest BCUT2D eigenvalue weighted by Gasteiger charge is -2.27.